The van der Waals surface area contributed by atoms with Gasteiger partial charge in [-0.15, -0.1) is 0 Å². The van der Waals surface area contributed by atoms with Gasteiger partial charge in [-0.3, -0.25) is 0 Å². The highest BCUT2D eigenvalue weighted by atomic mass is 35.5. The van der Waals surface area contributed by atoms with E-state index in [-0.39, 0.29) is 0 Å². The van der Waals surface area contributed by atoms with Crippen LogP contribution in [0.15, 0.2) is 72.8 Å². The average molecular weight is 588 g/mol. The van der Waals surface area contributed by atoms with Crippen molar-refractivity contribution >= 4 is 11.6 Å². The summed E-state index contributed by atoms with van der Waals surface area (Å²) in [5, 5.41) is 4.10. The molecule has 0 saturated heterocycles. The summed E-state index contributed by atoms with van der Waals surface area (Å²) in [6.45, 7) is 12.2. The Bertz CT molecular complexity index is 1350. The zero-order valence-electron chi connectivity index (χ0n) is 25.7. The molecule has 0 atom stereocenters. The summed E-state index contributed by atoms with van der Waals surface area (Å²) in [5.41, 5.74) is 5.80. The number of rotatable bonds is 17. The SMILES string of the molecule is CCCCc1c(-c2ccc(OCCc3ccc(Cl)cc3)cc2)nc(CC(C)C)n1-c1ccc(OCCCNCC)cc1. The molecule has 0 bridgehead atoms. The van der Waals surface area contributed by atoms with Crippen molar-refractivity contribution in [3.05, 3.63) is 94.9 Å². The van der Waals surface area contributed by atoms with Gasteiger partial charge in [0.1, 0.15) is 17.3 Å². The minimum atomic E-state index is 0.494. The summed E-state index contributed by atoms with van der Waals surface area (Å²) < 4.78 is 14.4. The van der Waals surface area contributed by atoms with Gasteiger partial charge in [0.2, 0.25) is 0 Å². The quantitative estimate of drug-likeness (QED) is 0.125. The fraction of sp³-hybridized carbons (Fsp3) is 0.417. The van der Waals surface area contributed by atoms with Crippen molar-refractivity contribution in [2.75, 3.05) is 26.3 Å². The van der Waals surface area contributed by atoms with E-state index in [1.165, 1.54) is 11.3 Å². The Morgan fingerprint density at radius 2 is 1.48 bits per heavy atom. The molecule has 4 rings (SSSR count). The first-order valence-corrected chi connectivity index (χ1v) is 15.9. The Morgan fingerprint density at radius 1 is 0.810 bits per heavy atom. The largest absolute Gasteiger partial charge is 0.494 e. The first kappa shape index (κ1) is 31.7. The van der Waals surface area contributed by atoms with Crippen LogP contribution in [0, 0.1) is 5.92 Å². The number of hydrogen-bond donors (Lipinski definition) is 1. The zero-order valence-corrected chi connectivity index (χ0v) is 26.4. The minimum Gasteiger partial charge on any atom is -0.494 e. The maximum Gasteiger partial charge on any atom is 0.119 e. The normalized spacial score (nSPS) is 11.3. The van der Waals surface area contributed by atoms with Gasteiger partial charge in [0.05, 0.1) is 24.6 Å². The zero-order chi connectivity index (χ0) is 29.7. The van der Waals surface area contributed by atoms with Crippen LogP contribution >= 0.6 is 11.6 Å². The number of hydrogen-bond acceptors (Lipinski definition) is 4. The number of ether oxygens (including phenoxy) is 2. The van der Waals surface area contributed by atoms with Gasteiger partial charge in [0.25, 0.3) is 0 Å². The van der Waals surface area contributed by atoms with Gasteiger partial charge in [0.15, 0.2) is 0 Å². The molecule has 1 N–H and O–H groups in total. The maximum atomic E-state index is 6.06. The highest BCUT2D eigenvalue weighted by Crippen LogP contribution is 2.31. The van der Waals surface area contributed by atoms with Crippen LogP contribution in [0.5, 0.6) is 11.5 Å². The Kier molecular flexibility index (Phi) is 12.3. The summed E-state index contributed by atoms with van der Waals surface area (Å²) in [5.74, 6) is 3.37. The Hall–Kier alpha value is -3.28. The summed E-state index contributed by atoms with van der Waals surface area (Å²) in [4.78, 5) is 5.26. The smallest absolute Gasteiger partial charge is 0.119 e. The van der Waals surface area contributed by atoms with Gasteiger partial charge in [-0.25, -0.2) is 4.98 Å². The van der Waals surface area contributed by atoms with Gasteiger partial charge < -0.3 is 19.4 Å². The number of nitrogens with zero attached hydrogens (tertiary/aromatic N) is 2. The second kappa shape index (κ2) is 16.4. The average Bonchev–Trinajstić information content (AvgIpc) is 3.34. The van der Waals surface area contributed by atoms with E-state index in [0.29, 0.717) is 19.1 Å². The Balaban J connectivity index is 1.54. The third kappa shape index (κ3) is 9.11. The molecule has 0 aliphatic heterocycles. The molecule has 0 amide bonds. The van der Waals surface area contributed by atoms with E-state index in [9.17, 15) is 0 Å². The summed E-state index contributed by atoms with van der Waals surface area (Å²) in [7, 11) is 0. The second-order valence-corrected chi connectivity index (χ2v) is 11.6. The third-order valence-corrected chi connectivity index (χ3v) is 7.46. The molecular formula is C36H46ClN3O2. The van der Waals surface area contributed by atoms with Crippen molar-refractivity contribution in [2.24, 2.45) is 5.92 Å². The van der Waals surface area contributed by atoms with E-state index < -0.39 is 0 Å². The molecule has 0 spiro atoms. The maximum absolute atomic E-state index is 6.06. The molecule has 0 fully saturated rings. The van der Waals surface area contributed by atoms with Crippen molar-refractivity contribution in [3.8, 4) is 28.4 Å². The van der Waals surface area contributed by atoms with Crippen LogP contribution in [0.2, 0.25) is 5.02 Å². The van der Waals surface area contributed by atoms with E-state index >= 15 is 0 Å². The number of unbranched alkanes of at least 4 members (excludes halogenated alkanes) is 1. The molecule has 0 radical (unpaired) electrons. The van der Waals surface area contributed by atoms with Gasteiger partial charge >= 0.3 is 0 Å². The van der Waals surface area contributed by atoms with Crippen LogP contribution in [-0.4, -0.2) is 35.9 Å². The molecule has 0 unspecified atom stereocenters. The Labute approximate surface area is 257 Å². The topological polar surface area (TPSA) is 48.3 Å². The highest BCUT2D eigenvalue weighted by molar-refractivity contribution is 6.30. The number of halogens is 1. The molecule has 1 heterocycles. The monoisotopic (exact) mass is 587 g/mol. The van der Waals surface area contributed by atoms with E-state index in [4.69, 9.17) is 26.1 Å². The van der Waals surface area contributed by atoms with E-state index in [2.05, 4.69) is 86.1 Å². The van der Waals surface area contributed by atoms with Crippen molar-refractivity contribution in [2.45, 2.75) is 66.2 Å². The van der Waals surface area contributed by atoms with Crippen molar-refractivity contribution in [1.82, 2.24) is 14.9 Å². The lowest BCUT2D eigenvalue weighted by atomic mass is 10.1. The van der Waals surface area contributed by atoms with Crippen molar-refractivity contribution < 1.29 is 9.47 Å². The molecule has 224 valence electrons. The van der Waals surface area contributed by atoms with Gasteiger partial charge in [0, 0.05) is 29.1 Å². The molecule has 3 aromatic carbocycles. The molecule has 1 aromatic heterocycles. The molecule has 5 nitrogen and oxygen atoms in total. The van der Waals surface area contributed by atoms with Gasteiger partial charge in [-0.1, -0.05) is 57.8 Å². The number of nitrogens with one attached hydrogen (secondary N) is 1. The van der Waals surface area contributed by atoms with Crippen molar-refractivity contribution in [3.63, 3.8) is 0 Å². The fourth-order valence-corrected chi connectivity index (χ4v) is 5.15. The lowest BCUT2D eigenvalue weighted by Crippen LogP contribution is -2.16. The molecule has 4 aromatic rings. The van der Waals surface area contributed by atoms with Gasteiger partial charge in [-0.05, 0) is 104 Å². The Morgan fingerprint density at radius 3 is 2.12 bits per heavy atom. The van der Waals surface area contributed by atoms with Crippen LogP contribution < -0.4 is 14.8 Å². The molecule has 0 aliphatic carbocycles. The third-order valence-electron chi connectivity index (χ3n) is 7.21. The first-order chi connectivity index (χ1) is 20.5. The van der Waals surface area contributed by atoms with Gasteiger partial charge in [-0.2, -0.15) is 0 Å². The number of benzene rings is 3. The van der Waals surface area contributed by atoms with Crippen LogP contribution in [0.25, 0.3) is 16.9 Å². The standard InChI is InChI=1S/C36H46ClN3O2/c1-5-7-9-34-36(29-12-18-32(19-13-29)42-25-22-28-10-14-30(37)15-11-28)39-35(26-27(3)4)40(34)31-16-20-33(21-17-31)41-24-8-23-38-6-2/h10-21,27,38H,5-9,22-26H2,1-4H3. The highest BCUT2D eigenvalue weighted by Gasteiger charge is 2.20. The summed E-state index contributed by atoms with van der Waals surface area (Å²) in [6.07, 6.45) is 5.95. The lowest BCUT2D eigenvalue weighted by Gasteiger charge is -2.15. The summed E-state index contributed by atoms with van der Waals surface area (Å²) in [6, 6.07) is 24.8. The minimum absolute atomic E-state index is 0.494. The van der Waals surface area contributed by atoms with Crippen LogP contribution in [0.4, 0.5) is 0 Å². The molecular weight excluding hydrogens is 542 g/mol. The molecule has 6 heteroatoms. The fourth-order valence-electron chi connectivity index (χ4n) is 5.02. The predicted molar refractivity (Wildman–Crippen MR) is 175 cm³/mol. The van der Waals surface area contributed by atoms with Crippen LogP contribution in [0.3, 0.4) is 0 Å². The second-order valence-electron chi connectivity index (χ2n) is 11.2. The summed E-state index contributed by atoms with van der Waals surface area (Å²) >= 11 is 6.01. The number of aromatic nitrogens is 2. The molecule has 0 aliphatic rings. The number of imidazole rings is 1. The van der Waals surface area contributed by atoms with Crippen LogP contribution in [-0.2, 0) is 19.3 Å². The van der Waals surface area contributed by atoms with Crippen molar-refractivity contribution in [1.29, 1.82) is 0 Å². The van der Waals surface area contributed by atoms with Crippen LogP contribution in [0.1, 0.15) is 64.0 Å². The first-order valence-electron chi connectivity index (χ1n) is 15.5. The molecule has 42 heavy (non-hydrogen) atoms. The van der Waals surface area contributed by atoms with E-state index in [0.717, 1.165) is 90.9 Å². The van der Waals surface area contributed by atoms with E-state index in [1.807, 2.05) is 24.3 Å². The predicted octanol–water partition coefficient (Wildman–Crippen LogP) is 8.73. The lowest BCUT2D eigenvalue weighted by molar-refractivity contribution is 0.308. The van der Waals surface area contributed by atoms with E-state index in [1.54, 1.807) is 0 Å². The molecule has 0 saturated carbocycles.